The van der Waals surface area contributed by atoms with Crippen LogP contribution in [-0.2, 0) is 11.8 Å². The highest BCUT2D eigenvalue weighted by atomic mass is 19.1. The van der Waals surface area contributed by atoms with Gasteiger partial charge >= 0.3 is 0 Å². The van der Waals surface area contributed by atoms with Crippen LogP contribution >= 0.6 is 0 Å². The number of pyridine rings is 1. The predicted molar refractivity (Wildman–Crippen MR) is 121 cm³/mol. The Kier molecular flexibility index (Phi) is 5.28. The summed E-state index contributed by atoms with van der Waals surface area (Å²) in [6, 6.07) is 5.41. The van der Waals surface area contributed by atoms with Crippen LogP contribution < -0.4 is 4.90 Å². The molecule has 0 saturated carbocycles. The molecule has 0 amide bonds. The van der Waals surface area contributed by atoms with Gasteiger partial charge in [0.05, 0.1) is 24.5 Å². The Hall–Kier alpha value is -3.46. The SMILES string of the molecule is Cc1cc2c(-c3ccc(F)cc3F)nc(N3C[C@@H](C)O[C@H](c4cnn(C)c4)C3)nc2nc1C. The minimum atomic E-state index is -0.678. The van der Waals surface area contributed by atoms with E-state index in [1.807, 2.05) is 45.0 Å². The number of rotatable bonds is 3. The second-order valence-corrected chi connectivity index (χ2v) is 8.55. The summed E-state index contributed by atoms with van der Waals surface area (Å²) in [5.41, 5.74) is 3.81. The highest BCUT2D eigenvalue weighted by Crippen LogP contribution is 2.33. The normalized spacial score (nSPS) is 18.8. The molecule has 5 rings (SSSR count). The van der Waals surface area contributed by atoms with Crippen molar-refractivity contribution in [3.05, 3.63) is 65.1 Å². The molecule has 1 aliphatic heterocycles. The van der Waals surface area contributed by atoms with Gasteiger partial charge in [-0.15, -0.1) is 0 Å². The first-order valence-corrected chi connectivity index (χ1v) is 10.8. The van der Waals surface area contributed by atoms with E-state index in [0.717, 1.165) is 22.9 Å². The van der Waals surface area contributed by atoms with Crippen LogP contribution in [0.1, 0.15) is 29.8 Å². The first-order chi connectivity index (χ1) is 15.8. The number of fused-ring (bicyclic) bond motifs is 1. The summed E-state index contributed by atoms with van der Waals surface area (Å²) in [6.45, 7) is 6.91. The zero-order chi connectivity index (χ0) is 23.3. The average molecular weight is 450 g/mol. The van der Waals surface area contributed by atoms with Crippen LogP contribution in [0.4, 0.5) is 14.7 Å². The molecule has 4 heterocycles. The van der Waals surface area contributed by atoms with E-state index in [1.54, 1.807) is 10.9 Å². The monoisotopic (exact) mass is 450 g/mol. The van der Waals surface area contributed by atoms with E-state index in [9.17, 15) is 8.78 Å². The largest absolute Gasteiger partial charge is 0.367 e. The molecule has 170 valence electrons. The maximum absolute atomic E-state index is 14.8. The van der Waals surface area contributed by atoms with E-state index < -0.39 is 11.6 Å². The average Bonchev–Trinajstić information content (AvgIpc) is 3.20. The van der Waals surface area contributed by atoms with Gasteiger partial charge < -0.3 is 9.64 Å². The highest BCUT2D eigenvalue weighted by molar-refractivity contribution is 5.92. The van der Waals surface area contributed by atoms with Crippen molar-refractivity contribution in [1.82, 2.24) is 24.7 Å². The Morgan fingerprint density at radius 3 is 2.61 bits per heavy atom. The zero-order valence-electron chi connectivity index (χ0n) is 18.9. The number of hydrogen-bond acceptors (Lipinski definition) is 6. The number of halogens is 2. The smallest absolute Gasteiger partial charge is 0.228 e. The Bertz CT molecular complexity index is 1350. The van der Waals surface area contributed by atoms with Gasteiger partial charge in [0.2, 0.25) is 5.95 Å². The highest BCUT2D eigenvalue weighted by Gasteiger charge is 2.30. The lowest BCUT2D eigenvalue weighted by Crippen LogP contribution is -2.43. The van der Waals surface area contributed by atoms with Crippen LogP contribution in [-0.4, -0.2) is 43.9 Å². The van der Waals surface area contributed by atoms with Gasteiger partial charge in [0.1, 0.15) is 17.7 Å². The third-order valence-electron chi connectivity index (χ3n) is 5.94. The van der Waals surface area contributed by atoms with Crippen LogP contribution in [0.2, 0.25) is 0 Å². The molecule has 0 aliphatic carbocycles. The molecule has 0 bridgehead atoms. The lowest BCUT2D eigenvalue weighted by Gasteiger charge is -2.36. The third-order valence-corrected chi connectivity index (χ3v) is 5.94. The van der Waals surface area contributed by atoms with Gasteiger partial charge in [-0.3, -0.25) is 4.68 Å². The van der Waals surface area contributed by atoms with Gasteiger partial charge in [0, 0.05) is 48.1 Å². The van der Waals surface area contributed by atoms with E-state index in [1.165, 1.54) is 12.1 Å². The van der Waals surface area contributed by atoms with Crippen molar-refractivity contribution in [2.75, 3.05) is 18.0 Å². The molecule has 3 aromatic heterocycles. The first-order valence-electron chi connectivity index (χ1n) is 10.8. The molecule has 2 atom stereocenters. The summed E-state index contributed by atoms with van der Waals surface area (Å²) < 4.78 is 36.3. The number of nitrogens with zero attached hydrogens (tertiary/aromatic N) is 6. The lowest BCUT2D eigenvalue weighted by atomic mass is 10.1. The summed E-state index contributed by atoms with van der Waals surface area (Å²) in [6.07, 6.45) is 3.42. The molecule has 1 aliphatic rings. The summed E-state index contributed by atoms with van der Waals surface area (Å²) in [5.74, 6) is -0.884. The summed E-state index contributed by atoms with van der Waals surface area (Å²) >= 11 is 0. The van der Waals surface area contributed by atoms with Crippen LogP contribution in [0.5, 0.6) is 0 Å². The van der Waals surface area contributed by atoms with Gasteiger partial charge in [-0.2, -0.15) is 10.1 Å². The Balaban J connectivity index is 1.64. The fraction of sp³-hybridized carbons (Fsp3) is 0.333. The summed E-state index contributed by atoms with van der Waals surface area (Å²) in [5, 5.41) is 4.87. The molecule has 9 heteroatoms. The fourth-order valence-electron chi connectivity index (χ4n) is 4.17. The summed E-state index contributed by atoms with van der Waals surface area (Å²) in [4.78, 5) is 16.2. The van der Waals surface area contributed by atoms with E-state index in [4.69, 9.17) is 14.7 Å². The molecule has 4 aromatic rings. The maximum Gasteiger partial charge on any atom is 0.228 e. The number of anilines is 1. The van der Waals surface area contributed by atoms with Gasteiger partial charge in [0.15, 0.2) is 5.65 Å². The molecule has 1 saturated heterocycles. The van der Waals surface area contributed by atoms with Gasteiger partial charge in [-0.25, -0.2) is 18.7 Å². The van der Waals surface area contributed by atoms with Gasteiger partial charge in [0.25, 0.3) is 0 Å². The zero-order valence-corrected chi connectivity index (χ0v) is 18.9. The molecule has 0 unspecified atom stereocenters. The Morgan fingerprint density at radius 1 is 1.06 bits per heavy atom. The maximum atomic E-state index is 14.8. The van der Waals surface area contributed by atoms with Gasteiger partial charge in [-0.05, 0) is 44.5 Å². The van der Waals surface area contributed by atoms with Crippen LogP contribution in [0.15, 0.2) is 36.7 Å². The molecular weight excluding hydrogens is 426 g/mol. The van der Waals surface area contributed by atoms with Crippen LogP contribution in [0.3, 0.4) is 0 Å². The molecule has 7 nitrogen and oxygen atoms in total. The molecular formula is C24H24F2N6O. The van der Waals surface area contributed by atoms with Crippen LogP contribution in [0.25, 0.3) is 22.3 Å². The Morgan fingerprint density at radius 2 is 1.88 bits per heavy atom. The molecule has 1 aromatic carbocycles. The number of aromatic nitrogens is 5. The van der Waals surface area contributed by atoms with Crippen molar-refractivity contribution in [1.29, 1.82) is 0 Å². The molecule has 1 fully saturated rings. The third kappa shape index (κ3) is 4.04. The molecule has 0 spiro atoms. The Labute approximate surface area is 190 Å². The number of aryl methyl sites for hydroxylation is 3. The second kappa shape index (κ2) is 8.15. The number of ether oxygens (including phenoxy) is 1. The number of morpholine rings is 1. The van der Waals surface area contributed by atoms with E-state index >= 15 is 0 Å². The van der Waals surface area contributed by atoms with Crippen molar-refractivity contribution in [3.8, 4) is 11.3 Å². The van der Waals surface area contributed by atoms with E-state index in [-0.39, 0.29) is 17.8 Å². The quantitative estimate of drug-likeness (QED) is 0.464. The van der Waals surface area contributed by atoms with Crippen molar-refractivity contribution >= 4 is 17.0 Å². The molecule has 33 heavy (non-hydrogen) atoms. The van der Waals surface area contributed by atoms with Gasteiger partial charge in [-0.1, -0.05) is 0 Å². The molecule has 0 radical (unpaired) electrons. The standard InChI is InChI=1S/C24H24F2N6O/c1-13-7-19-22(18-6-5-17(25)8-20(18)26)29-24(30-23(19)28-15(13)3)32-10-14(2)33-21(12-32)16-9-27-31(4)11-16/h5-9,11,14,21H,10,12H2,1-4H3/t14-,21+/m1/s1. The first kappa shape index (κ1) is 21.4. The minimum absolute atomic E-state index is 0.0815. The van der Waals surface area contributed by atoms with Crippen molar-refractivity contribution in [2.24, 2.45) is 7.05 Å². The predicted octanol–water partition coefficient (Wildman–Crippen LogP) is 4.29. The lowest BCUT2D eigenvalue weighted by molar-refractivity contribution is -0.0178. The second-order valence-electron chi connectivity index (χ2n) is 8.55. The molecule has 0 N–H and O–H groups in total. The van der Waals surface area contributed by atoms with E-state index in [0.29, 0.717) is 35.8 Å². The fourth-order valence-corrected chi connectivity index (χ4v) is 4.17. The van der Waals surface area contributed by atoms with Crippen molar-refractivity contribution in [3.63, 3.8) is 0 Å². The number of benzene rings is 1. The van der Waals surface area contributed by atoms with Crippen molar-refractivity contribution in [2.45, 2.75) is 33.0 Å². The topological polar surface area (TPSA) is 69.0 Å². The van der Waals surface area contributed by atoms with E-state index in [2.05, 4.69) is 10.1 Å². The number of hydrogen-bond donors (Lipinski definition) is 0. The van der Waals surface area contributed by atoms with Crippen molar-refractivity contribution < 1.29 is 13.5 Å². The summed E-state index contributed by atoms with van der Waals surface area (Å²) in [7, 11) is 1.86. The van der Waals surface area contributed by atoms with Crippen LogP contribution in [0, 0.1) is 25.5 Å². The minimum Gasteiger partial charge on any atom is -0.367 e.